The van der Waals surface area contributed by atoms with Crippen LogP contribution in [0.15, 0.2) is 11.3 Å². The molecule has 0 nitrogen and oxygen atoms in total. The van der Waals surface area contributed by atoms with E-state index < -0.39 is 8.07 Å². The molecule has 12 heavy (non-hydrogen) atoms. The second-order valence-electron chi connectivity index (χ2n) is 5.03. The molecule has 1 heteroatoms. The quantitative estimate of drug-likeness (QED) is 0.579. The summed E-state index contributed by atoms with van der Waals surface area (Å²) >= 11 is 0. The highest BCUT2D eigenvalue weighted by Gasteiger charge is 2.24. The van der Waals surface area contributed by atoms with E-state index in [-0.39, 0.29) is 0 Å². The van der Waals surface area contributed by atoms with Crippen molar-refractivity contribution in [3.05, 3.63) is 11.3 Å². The molecule has 0 aromatic heterocycles. The maximum absolute atomic E-state index is 2.43. The third kappa shape index (κ3) is 3.14. The third-order valence-electron chi connectivity index (χ3n) is 2.67. The van der Waals surface area contributed by atoms with Crippen LogP contribution in [0.3, 0.4) is 0 Å². The van der Waals surface area contributed by atoms with Crippen molar-refractivity contribution in [3.63, 3.8) is 0 Å². The monoisotopic (exact) mass is 184 g/mol. The molecule has 0 saturated carbocycles. The lowest BCUT2D eigenvalue weighted by Gasteiger charge is -2.29. The molecule has 0 aromatic rings. The van der Waals surface area contributed by atoms with Gasteiger partial charge in [0, 0.05) is 0 Å². The molecule has 72 valence electrons. The summed E-state index contributed by atoms with van der Waals surface area (Å²) in [6.07, 6.45) is 2.34. The van der Waals surface area contributed by atoms with Crippen molar-refractivity contribution in [2.24, 2.45) is 11.8 Å². The second kappa shape index (κ2) is 4.27. The molecule has 1 unspecified atom stereocenters. The maximum atomic E-state index is 2.43. The van der Waals surface area contributed by atoms with E-state index in [1.807, 2.05) is 0 Å². The van der Waals surface area contributed by atoms with Gasteiger partial charge in [0.1, 0.15) is 0 Å². The van der Waals surface area contributed by atoms with Crippen LogP contribution >= 0.6 is 0 Å². The van der Waals surface area contributed by atoms with Crippen LogP contribution in [0, 0.1) is 11.8 Å². The molecular formula is C11H24Si. The summed E-state index contributed by atoms with van der Waals surface area (Å²) in [5.41, 5.74) is 0. The Kier molecular flexibility index (Phi) is 4.25. The zero-order valence-corrected chi connectivity index (χ0v) is 10.7. The molecule has 0 aliphatic rings. The minimum absolute atomic E-state index is 0.765. The summed E-state index contributed by atoms with van der Waals surface area (Å²) in [5.74, 6) is 1.55. The van der Waals surface area contributed by atoms with Crippen LogP contribution in [-0.2, 0) is 0 Å². The number of allylic oxidation sites excluding steroid dienone is 2. The number of rotatable bonds is 3. The minimum atomic E-state index is -1.05. The first kappa shape index (κ1) is 12.0. The normalized spacial score (nSPS) is 16.8. The molecule has 0 aliphatic carbocycles. The topological polar surface area (TPSA) is 0 Å². The SMILES string of the molecule is C/C=C(\C(C)C(C)C)[Si](C)(C)C. The van der Waals surface area contributed by atoms with Crippen molar-refractivity contribution in [3.8, 4) is 0 Å². The van der Waals surface area contributed by atoms with E-state index in [1.165, 1.54) is 0 Å². The zero-order chi connectivity index (χ0) is 9.94. The highest BCUT2D eigenvalue weighted by molar-refractivity contribution is 6.83. The Morgan fingerprint density at radius 1 is 1.08 bits per heavy atom. The molecule has 1 atom stereocenters. The standard InChI is InChI=1S/C11H24Si/c1-8-11(12(5,6)7)10(4)9(2)3/h8-10H,1-7H3/b11-8+. The van der Waals surface area contributed by atoms with Gasteiger partial charge in [-0.3, -0.25) is 0 Å². The first-order valence-corrected chi connectivity index (χ1v) is 8.47. The van der Waals surface area contributed by atoms with Crippen molar-refractivity contribution >= 4 is 8.07 Å². The Labute approximate surface area is 79.1 Å². The largest absolute Gasteiger partial charge is 0.0920 e. The molecule has 0 aliphatic heterocycles. The highest BCUT2D eigenvalue weighted by atomic mass is 28.3. The lowest BCUT2D eigenvalue weighted by atomic mass is 9.97. The van der Waals surface area contributed by atoms with Crippen molar-refractivity contribution in [1.29, 1.82) is 0 Å². The van der Waals surface area contributed by atoms with Crippen LogP contribution < -0.4 is 0 Å². The Bertz CT molecular complexity index is 160. The van der Waals surface area contributed by atoms with Gasteiger partial charge >= 0.3 is 0 Å². The van der Waals surface area contributed by atoms with E-state index in [9.17, 15) is 0 Å². The average Bonchev–Trinajstić information content (AvgIpc) is 1.85. The average molecular weight is 184 g/mol. The van der Waals surface area contributed by atoms with Gasteiger partial charge in [-0.25, -0.2) is 0 Å². The van der Waals surface area contributed by atoms with E-state index in [1.54, 1.807) is 5.20 Å². The molecule has 0 bridgehead atoms. The molecular weight excluding hydrogens is 160 g/mol. The molecule has 0 saturated heterocycles. The lowest BCUT2D eigenvalue weighted by molar-refractivity contribution is 0.492. The number of hydrogen-bond donors (Lipinski definition) is 0. The van der Waals surface area contributed by atoms with Crippen LogP contribution in [0.1, 0.15) is 27.7 Å². The van der Waals surface area contributed by atoms with Gasteiger partial charge in [0.05, 0.1) is 8.07 Å². The molecule has 0 N–H and O–H groups in total. The Morgan fingerprint density at radius 2 is 1.50 bits per heavy atom. The minimum Gasteiger partial charge on any atom is -0.0920 e. The van der Waals surface area contributed by atoms with Crippen LogP contribution in [0.2, 0.25) is 19.6 Å². The number of hydrogen-bond acceptors (Lipinski definition) is 0. The fourth-order valence-electron chi connectivity index (χ4n) is 1.74. The summed E-state index contributed by atoms with van der Waals surface area (Å²) in [5, 5.41) is 1.72. The Hall–Kier alpha value is -0.0431. The van der Waals surface area contributed by atoms with Crippen LogP contribution in [0.5, 0.6) is 0 Å². The maximum Gasteiger partial charge on any atom is 0.0723 e. The van der Waals surface area contributed by atoms with Gasteiger partial charge in [-0.05, 0) is 18.8 Å². The first-order chi connectivity index (χ1) is 5.30. The Morgan fingerprint density at radius 3 is 1.58 bits per heavy atom. The lowest BCUT2D eigenvalue weighted by Crippen LogP contribution is -2.30. The van der Waals surface area contributed by atoms with E-state index in [0.717, 1.165) is 11.8 Å². The van der Waals surface area contributed by atoms with Gasteiger partial charge in [-0.15, -0.1) is 0 Å². The second-order valence-corrected chi connectivity index (χ2v) is 10.1. The van der Waals surface area contributed by atoms with E-state index >= 15 is 0 Å². The van der Waals surface area contributed by atoms with E-state index in [0.29, 0.717) is 0 Å². The van der Waals surface area contributed by atoms with Gasteiger partial charge < -0.3 is 0 Å². The van der Waals surface area contributed by atoms with Gasteiger partial charge in [0.2, 0.25) is 0 Å². The molecule has 0 fully saturated rings. The summed E-state index contributed by atoms with van der Waals surface area (Å²) in [7, 11) is -1.05. The predicted molar refractivity (Wildman–Crippen MR) is 61.1 cm³/mol. The fraction of sp³-hybridized carbons (Fsp3) is 0.818. The molecule has 0 heterocycles. The van der Waals surface area contributed by atoms with Gasteiger partial charge in [0.15, 0.2) is 0 Å². The van der Waals surface area contributed by atoms with Crippen molar-refractivity contribution in [1.82, 2.24) is 0 Å². The van der Waals surface area contributed by atoms with Gasteiger partial charge in [0.25, 0.3) is 0 Å². The molecule has 0 rings (SSSR count). The first-order valence-electron chi connectivity index (χ1n) is 4.97. The Balaban J connectivity index is 4.60. The highest BCUT2D eigenvalue weighted by Crippen LogP contribution is 2.27. The zero-order valence-electron chi connectivity index (χ0n) is 9.73. The van der Waals surface area contributed by atoms with Crippen molar-refractivity contribution in [2.75, 3.05) is 0 Å². The summed E-state index contributed by atoms with van der Waals surface area (Å²) in [6, 6.07) is 0. The van der Waals surface area contributed by atoms with E-state index in [4.69, 9.17) is 0 Å². The molecule has 0 spiro atoms. The van der Waals surface area contributed by atoms with Crippen LogP contribution in [0.4, 0.5) is 0 Å². The van der Waals surface area contributed by atoms with Crippen molar-refractivity contribution < 1.29 is 0 Å². The van der Waals surface area contributed by atoms with Crippen molar-refractivity contribution in [2.45, 2.75) is 47.3 Å². The smallest absolute Gasteiger partial charge is 0.0723 e. The molecule has 0 aromatic carbocycles. The fourth-order valence-corrected chi connectivity index (χ4v) is 4.30. The van der Waals surface area contributed by atoms with Gasteiger partial charge in [-0.1, -0.05) is 51.7 Å². The van der Waals surface area contributed by atoms with Gasteiger partial charge in [-0.2, -0.15) is 0 Å². The summed E-state index contributed by atoms with van der Waals surface area (Å²) in [6.45, 7) is 16.5. The van der Waals surface area contributed by atoms with E-state index in [2.05, 4.69) is 53.4 Å². The molecule has 0 radical (unpaired) electrons. The predicted octanol–water partition coefficient (Wildman–Crippen LogP) is 4.10. The van der Waals surface area contributed by atoms with Crippen LogP contribution in [-0.4, -0.2) is 8.07 Å². The van der Waals surface area contributed by atoms with Crippen LogP contribution in [0.25, 0.3) is 0 Å². The molecule has 0 amide bonds. The summed E-state index contributed by atoms with van der Waals surface area (Å²) < 4.78 is 0. The third-order valence-corrected chi connectivity index (χ3v) is 5.14. The summed E-state index contributed by atoms with van der Waals surface area (Å²) in [4.78, 5) is 0.